The molecule has 0 unspecified atom stereocenters. The second-order valence-corrected chi connectivity index (χ2v) is 5.74. The van der Waals surface area contributed by atoms with Gasteiger partial charge in [0.05, 0.1) is 6.54 Å². The van der Waals surface area contributed by atoms with Crippen molar-refractivity contribution in [1.82, 2.24) is 14.8 Å². The standard InChI is InChI=1S/C15H22N4O/c1-11(2)19-7-5-18(6-8-19)10-15-17-13-9-12(16)3-4-14(13)20-15/h3-4,9,11H,5-8,10,16H2,1-2H3. The fourth-order valence-electron chi connectivity index (χ4n) is 2.69. The number of anilines is 1. The van der Waals surface area contributed by atoms with Gasteiger partial charge in [0.1, 0.15) is 5.52 Å². The molecule has 0 amide bonds. The highest BCUT2D eigenvalue weighted by Gasteiger charge is 2.20. The summed E-state index contributed by atoms with van der Waals surface area (Å²) in [7, 11) is 0. The summed E-state index contributed by atoms with van der Waals surface area (Å²) in [4.78, 5) is 9.42. The monoisotopic (exact) mass is 274 g/mol. The average molecular weight is 274 g/mol. The minimum absolute atomic E-state index is 0.629. The van der Waals surface area contributed by atoms with Crippen LogP contribution in [-0.4, -0.2) is 47.0 Å². The molecule has 0 atom stereocenters. The van der Waals surface area contributed by atoms with E-state index in [2.05, 4.69) is 28.6 Å². The first-order valence-electron chi connectivity index (χ1n) is 7.23. The molecular formula is C15H22N4O. The number of oxazole rings is 1. The molecule has 5 heteroatoms. The first-order chi connectivity index (χ1) is 9.61. The molecule has 1 fully saturated rings. The molecule has 0 bridgehead atoms. The van der Waals surface area contributed by atoms with Crippen LogP contribution in [0, 0.1) is 0 Å². The predicted molar refractivity (Wildman–Crippen MR) is 80.4 cm³/mol. The number of nitrogens with two attached hydrogens (primary N) is 1. The summed E-state index contributed by atoms with van der Waals surface area (Å²) in [6.07, 6.45) is 0. The smallest absolute Gasteiger partial charge is 0.209 e. The third kappa shape index (κ3) is 2.78. The van der Waals surface area contributed by atoms with Gasteiger partial charge in [-0.3, -0.25) is 9.80 Å². The summed E-state index contributed by atoms with van der Waals surface area (Å²) in [5.41, 5.74) is 8.15. The molecule has 2 heterocycles. The molecule has 1 aliphatic heterocycles. The van der Waals surface area contributed by atoms with Crippen LogP contribution in [0.2, 0.25) is 0 Å². The van der Waals surface area contributed by atoms with Crippen LogP contribution in [0.4, 0.5) is 5.69 Å². The summed E-state index contributed by atoms with van der Waals surface area (Å²) in [6.45, 7) is 9.65. The van der Waals surface area contributed by atoms with Crippen LogP contribution in [-0.2, 0) is 6.54 Å². The van der Waals surface area contributed by atoms with Gasteiger partial charge in [0, 0.05) is 37.9 Å². The van der Waals surface area contributed by atoms with Crippen LogP contribution in [0.15, 0.2) is 22.6 Å². The van der Waals surface area contributed by atoms with E-state index in [4.69, 9.17) is 10.2 Å². The SMILES string of the molecule is CC(C)N1CCN(Cc2nc3cc(N)ccc3o2)CC1. The van der Waals surface area contributed by atoms with E-state index in [9.17, 15) is 0 Å². The zero-order chi connectivity index (χ0) is 14.1. The van der Waals surface area contributed by atoms with Gasteiger partial charge < -0.3 is 10.2 Å². The maximum Gasteiger partial charge on any atom is 0.209 e. The molecule has 5 nitrogen and oxygen atoms in total. The van der Waals surface area contributed by atoms with Crippen LogP contribution in [0.5, 0.6) is 0 Å². The molecule has 0 spiro atoms. The van der Waals surface area contributed by atoms with Crippen molar-refractivity contribution < 1.29 is 4.42 Å². The van der Waals surface area contributed by atoms with E-state index in [1.54, 1.807) is 0 Å². The maximum absolute atomic E-state index is 5.78. The Morgan fingerprint density at radius 2 is 2.00 bits per heavy atom. The van der Waals surface area contributed by atoms with Crippen molar-refractivity contribution in [3.05, 3.63) is 24.1 Å². The zero-order valence-electron chi connectivity index (χ0n) is 12.2. The fourth-order valence-corrected chi connectivity index (χ4v) is 2.69. The van der Waals surface area contributed by atoms with Crippen LogP contribution in [0.3, 0.4) is 0 Å². The number of benzene rings is 1. The Hall–Kier alpha value is -1.59. The van der Waals surface area contributed by atoms with E-state index in [1.165, 1.54) is 0 Å². The normalized spacial score (nSPS) is 18.1. The summed E-state index contributed by atoms with van der Waals surface area (Å²) in [6, 6.07) is 6.22. The second kappa shape index (κ2) is 5.42. The number of hydrogen-bond acceptors (Lipinski definition) is 5. The molecule has 3 rings (SSSR count). The van der Waals surface area contributed by atoms with Gasteiger partial charge in [-0.05, 0) is 32.0 Å². The molecule has 1 aliphatic rings. The van der Waals surface area contributed by atoms with Crippen molar-refractivity contribution in [3.8, 4) is 0 Å². The van der Waals surface area contributed by atoms with E-state index < -0.39 is 0 Å². The van der Waals surface area contributed by atoms with Crippen molar-refractivity contribution in [3.63, 3.8) is 0 Å². The Kier molecular flexibility index (Phi) is 3.63. The lowest BCUT2D eigenvalue weighted by Crippen LogP contribution is -2.48. The molecule has 2 aromatic rings. The lowest BCUT2D eigenvalue weighted by atomic mass is 10.2. The molecule has 1 saturated heterocycles. The first kappa shape index (κ1) is 13.4. The van der Waals surface area contributed by atoms with Gasteiger partial charge in [0.25, 0.3) is 0 Å². The highest BCUT2D eigenvalue weighted by Crippen LogP contribution is 2.19. The highest BCUT2D eigenvalue weighted by molar-refractivity contribution is 5.76. The van der Waals surface area contributed by atoms with Crippen molar-refractivity contribution in [1.29, 1.82) is 0 Å². The number of nitrogens with zero attached hydrogens (tertiary/aromatic N) is 3. The van der Waals surface area contributed by atoms with Gasteiger partial charge in [-0.15, -0.1) is 0 Å². The molecule has 1 aromatic carbocycles. The summed E-state index contributed by atoms with van der Waals surface area (Å²) < 4.78 is 5.78. The Morgan fingerprint density at radius 1 is 1.25 bits per heavy atom. The zero-order valence-corrected chi connectivity index (χ0v) is 12.2. The molecule has 0 saturated carbocycles. The molecule has 108 valence electrons. The lowest BCUT2D eigenvalue weighted by Gasteiger charge is -2.36. The van der Waals surface area contributed by atoms with Crippen molar-refractivity contribution in [2.45, 2.75) is 26.4 Å². The first-order valence-corrected chi connectivity index (χ1v) is 7.23. The molecule has 0 radical (unpaired) electrons. The topological polar surface area (TPSA) is 58.5 Å². The third-order valence-corrected chi connectivity index (χ3v) is 3.95. The fraction of sp³-hybridized carbons (Fsp3) is 0.533. The number of nitrogen functional groups attached to an aromatic ring is 1. The second-order valence-electron chi connectivity index (χ2n) is 5.74. The Labute approximate surface area is 119 Å². The lowest BCUT2D eigenvalue weighted by molar-refractivity contribution is 0.0982. The predicted octanol–water partition coefficient (Wildman–Crippen LogP) is 1.94. The van der Waals surface area contributed by atoms with Gasteiger partial charge in [-0.25, -0.2) is 4.98 Å². The summed E-state index contributed by atoms with van der Waals surface area (Å²) in [5.74, 6) is 0.781. The largest absolute Gasteiger partial charge is 0.439 e. The van der Waals surface area contributed by atoms with Crippen molar-refractivity contribution in [2.75, 3.05) is 31.9 Å². The molecule has 20 heavy (non-hydrogen) atoms. The number of piperazine rings is 1. The van der Waals surface area contributed by atoms with Gasteiger partial charge in [-0.1, -0.05) is 0 Å². The van der Waals surface area contributed by atoms with Gasteiger partial charge in [0.15, 0.2) is 5.58 Å². The van der Waals surface area contributed by atoms with Gasteiger partial charge in [0.2, 0.25) is 5.89 Å². The molecule has 0 aliphatic carbocycles. The quantitative estimate of drug-likeness (QED) is 0.867. The van der Waals surface area contributed by atoms with E-state index in [0.717, 1.165) is 55.4 Å². The molecule has 2 N–H and O–H groups in total. The summed E-state index contributed by atoms with van der Waals surface area (Å²) in [5, 5.41) is 0. The van der Waals surface area contributed by atoms with Crippen molar-refractivity contribution in [2.24, 2.45) is 0 Å². The minimum atomic E-state index is 0.629. The Morgan fingerprint density at radius 3 is 2.70 bits per heavy atom. The van der Waals surface area contributed by atoms with Crippen LogP contribution < -0.4 is 5.73 Å². The summed E-state index contributed by atoms with van der Waals surface area (Å²) >= 11 is 0. The van der Waals surface area contributed by atoms with Crippen LogP contribution in [0.25, 0.3) is 11.1 Å². The van der Waals surface area contributed by atoms with E-state index in [-0.39, 0.29) is 0 Å². The van der Waals surface area contributed by atoms with E-state index in [0.29, 0.717) is 6.04 Å². The van der Waals surface area contributed by atoms with Crippen molar-refractivity contribution >= 4 is 16.8 Å². The van der Waals surface area contributed by atoms with Crippen LogP contribution >= 0.6 is 0 Å². The highest BCUT2D eigenvalue weighted by atomic mass is 16.3. The number of rotatable bonds is 3. The van der Waals surface area contributed by atoms with E-state index >= 15 is 0 Å². The van der Waals surface area contributed by atoms with Crippen LogP contribution in [0.1, 0.15) is 19.7 Å². The Balaban J connectivity index is 1.65. The number of aromatic nitrogens is 1. The average Bonchev–Trinajstić information content (AvgIpc) is 2.80. The molecule has 1 aromatic heterocycles. The number of fused-ring (bicyclic) bond motifs is 1. The Bertz CT molecular complexity index is 585. The van der Waals surface area contributed by atoms with Gasteiger partial charge in [-0.2, -0.15) is 0 Å². The molecular weight excluding hydrogens is 252 g/mol. The van der Waals surface area contributed by atoms with Gasteiger partial charge >= 0.3 is 0 Å². The third-order valence-electron chi connectivity index (χ3n) is 3.95. The number of hydrogen-bond donors (Lipinski definition) is 1. The maximum atomic E-state index is 5.78. The van der Waals surface area contributed by atoms with E-state index in [1.807, 2.05) is 18.2 Å². The minimum Gasteiger partial charge on any atom is -0.439 e.